The molecule has 190 valence electrons. The average molecular weight is 501 g/mol. The molecule has 3 heterocycles. The maximum atomic E-state index is 5.63. The Morgan fingerprint density at radius 2 is 1.34 bits per heavy atom. The van der Waals surface area contributed by atoms with Gasteiger partial charge in [-0.05, 0) is 108 Å². The first kappa shape index (κ1) is 23.1. The smallest absolute Gasteiger partial charge is 0.124 e. The minimum Gasteiger partial charge on any atom is -0.342 e. The Hall–Kier alpha value is -4.00. The van der Waals surface area contributed by atoms with Crippen molar-refractivity contribution in [1.82, 2.24) is 25.3 Å². The Balaban J connectivity index is 1.16. The lowest BCUT2D eigenvalue weighted by Gasteiger charge is -2.07. The summed E-state index contributed by atoms with van der Waals surface area (Å²) in [4.78, 5) is 16.6. The van der Waals surface area contributed by atoms with E-state index in [0.717, 1.165) is 72.5 Å². The van der Waals surface area contributed by atoms with Gasteiger partial charge in [-0.2, -0.15) is 0 Å². The molecule has 1 aliphatic rings. The van der Waals surface area contributed by atoms with Crippen molar-refractivity contribution in [3.05, 3.63) is 84.4 Å². The Morgan fingerprint density at radius 1 is 0.711 bits per heavy atom. The van der Waals surface area contributed by atoms with E-state index in [4.69, 9.17) is 15.7 Å². The molecular weight excluding hydrogens is 468 g/mol. The van der Waals surface area contributed by atoms with Gasteiger partial charge in [0, 0.05) is 6.42 Å². The summed E-state index contributed by atoms with van der Waals surface area (Å²) in [5, 5.41) is 6.00. The lowest BCUT2D eigenvalue weighted by atomic mass is 9.97. The summed E-state index contributed by atoms with van der Waals surface area (Å²) in [5.41, 5.74) is 14.7. The van der Waals surface area contributed by atoms with Crippen LogP contribution >= 0.6 is 0 Å². The van der Waals surface area contributed by atoms with Crippen molar-refractivity contribution < 1.29 is 0 Å². The van der Waals surface area contributed by atoms with Crippen LogP contribution < -0.4 is 11.1 Å². The van der Waals surface area contributed by atoms with Gasteiger partial charge in [0.05, 0.1) is 28.1 Å². The third-order valence-electron chi connectivity index (χ3n) is 7.80. The zero-order valence-electron chi connectivity index (χ0n) is 21.4. The summed E-state index contributed by atoms with van der Waals surface area (Å²) in [7, 11) is 0. The molecule has 1 atom stereocenters. The Bertz CT molecular complexity index is 1750. The molecule has 0 saturated carbocycles. The van der Waals surface area contributed by atoms with Gasteiger partial charge in [0.25, 0.3) is 0 Å². The topological polar surface area (TPSA) is 95.4 Å². The summed E-state index contributed by atoms with van der Waals surface area (Å²) in [5.74, 6) is 2.09. The maximum absolute atomic E-state index is 5.63. The second-order valence-corrected chi connectivity index (χ2v) is 10.4. The number of aromatic nitrogens is 4. The monoisotopic (exact) mass is 500 g/mol. The number of imidazole rings is 2. The number of H-pyrrole nitrogens is 2. The van der Waals surface area contributed by atoms with Gasteiger partial charge in [-0.1, -0.05) is 36.4 Å². The van der Waals surface area contributed by atoms with E-state index in [1.807, 2.05) is 0 Å². The number of hydrogen-bond donors (Lipinski definition) is 4. The first-order valence-corrected chi connectivity index (χ1v) is 13.7. The molecule has 1 fully saturated rings. The molecule has 7 rings (SSSR count). The molecular formula is C32H32N6. The van der Waals surface area contributed by atoms with Gasteiger partial charge in [0.15, 0.2) is 0 Å². The molecule has 6 aromatic rings. The van der Waals surface area contributed by atoms with Crippen LogP contribution in [0.3, 0.4) is 0 Å². The van der Waals surface area contributed by atoms with Crippen LogP contribution in [0.25, 0.3) is 55.1 Å². The summed E-state index contributed by atoms with van der Waals surface area (Å²) in [6.45, 7) is 1.80. The quantitative estimate of drug-likeness (QED) is 0.185. The van der Waals surface area contributed by atoms with Gasteiger partial charge in [-0.3, -0.25) is 0 Å². The van der Waals surface area contributed by atoms with Gasteiger partial charge in [0.2, 0.25) is 0 Å². The third-order valence-corrected chi connectivity index (χ3v) is 7.80. The van der Waals surface area contributed by atoms with Crippen LogP contribution in [0.5, 0.6) is 0 Å². The standard InChI is InChI=1S/C32H32N6/c33-14-2-1-5-31-35-26-12-10-24(18-29(26)36-31)22-8-6-21-17-23(9-7-20(21)16-22)25-11-13-27-30(19-25)38-32(37-27)28-4-3-15-34-28/h6-13,16-19,28,34H,1-5,14-15,33H2,(H,35,36)(H,37,38). The lowest BCUT2D eigenvalue weighted by Crippen LogP contribution is -2.13. The minimum absolute atomic E-state index is 0.345. The number of nitrogens with zero attached hydrogens (tertiary/aromatic N) is 2. The van der Waals surface area contributed by atoms with E-state index in [-0.39, 0.29) is 0 Å². The molecule has 0 bridgehead atoms. The number of benzene rings is 4. The Morgan fingerprint density at radius 3 is 2.00 bits per heavy atom. The fraction of sp³-hybridized carbons (Fsp3) is 0.250. The maximum Gasteiger partial charge on any atom is 0.124 e. The molecule has 6 heteroatoms. The molecule has 1 aliphatic heterocycles. The highest BCUT2D eigenvalue weighted by molar-refractivity contribution is 5.93. The van der Waals surface area contributed by atoms with Crippen molar-refractivity contribution in [1.29, 1.82) is 0 Å². The Labute approximate surface area is 221 Å². The fourth-order valence-corrected chi connectivity index (χ4v) is 5.69. The number of aryl methyl sites for hydroxylation is 1. The summed E-state index contributed by atoms with van der Waals surface area (Å²) in [6.07, 6.45) is 5.37. The summed E-state index contributed by atoms with van der Waals surface area (Å²) < 4.78 is 0. The van der Waals surface area contributed by atoms with Gasteiger partial charge >= 0.3 is 0 Å². The molecule has 6 nitrogen and oxygen atoms in total. The van der Waals surface area contributed by atoms with E-state index in [0.29, 0.717) is 6.04 Å². The van der Waals surface area contributed by atoms with Crippen molar-refractivity contribution in [2.24, 2.45) is 5.73 Å². The molecule has 0 radical (unpaired) electrons. The lowest BCUT2D eigenvalue weighted by molar-refractivity contribution is 0.614. The molecule has 4 aromatic carbocycles. The van der Waals surface area contributed by atoms with Crippen LogP contribution in [0, 0.1) is 0 Å². The van der Waals surface area contributed by atoms with Crippen molar-refractivity contribution in [3.63, 3.8) is 0 Å². The molecule has 0 amide bonds. The molecule has 1 saturated heterocycles. The predicted molar refractivity (Wildman–Crippen MR) is 156 cm³/mol. The second kappa shape index (κ2) is 9.71. The molecule has 38 heavy (non-hydrogen) atoms. The normalized spacial score (nSPS) is 15.8. The number of rotatable bonds is 7. The minimum atomic E-state index is 0.345. The molecule has 1 unspecified atom stereocenters. The second-order valence-electron chi connectivity index (χ2n) is 10.4. The fourth-order valence-electron chi connectivity index (χ4n) is 5.69. The van der Waals surface area contributed by atoms with E-state index in [2.05, 4.69) is 88.1 Å². The average Bonchev–Trinajstić information content (AvgIpc) is 3.71. The largest absolute Gasteiger partial charge is 0.342 e. The third kappa shape index (κ3) is 4.36. The Kier molecular flexibility index (Phi) is 5.91. The number of hydrogen-bond acceptors (Lipinski definition) is 4. The first-order chi connectivity index (χ1) is 18.7. The van der Waals surface area contributed by atoms with Crippen LogP contribution in [-0.2, 0) is 6.42 Å². The van der Waals surface area contributed by atoms with Crippen molar-refractivity contribution in [3.8, 4) is 22.3 Å². The predicted octanol–water partition coefficient (Wildman–Crippen LogP) is 6.63. The SMILES string of the molecule is NCCCCc1nc2ccc(-c3ccc4cc(-c5ccc6nc(C7CCCN7)[nH]c6c5)ccc4c3)cc2[nH]1. The van der Waals surface area contributed by atoms with Gasteiger partial charge in [0.1, 0.15) is 11.6 Å². The zero-order valence-corrected chi connectivity index (χ0v) is 21.4. The first-order valence-electron chi connectivity index (χ1n) is 13.7. The van der Waals surface area contributed by atoms with E-state index in [9.17, 15) is 0 Å². The summed E-state index contributed by atoms with van der Waals surface area (Å²) >= 11 is 0. The van der Waals surface area contributed by atoms with E-state index in [1.165, 1.54) is 39.4 Å². The van der Waals surface area contributed by atoms with Crippen LogP contribution in [0.15, 0.2) is 72.8 Å². The highest BCUT2D eigenvalue weighted by atomic mass is 15.0. The molecule has 0 aliphatic carbocycles. The number of fused-ring (bicyclic) bond motifs is 3. The van der Waals surface area contributed by atoms with E-state index in [1.54, 1.807) is 0 Å². The van der Waals surface area contributed by atoms with Gasteiger partial charge in [-0.15, -0.1) is 0 Å². The van der Waals surface area contributed by atoms with Gasteiger partial charge in [-0.25, -0.2) is 9.97 Å². The van der Waals surface area contributed by atoms with Crippen LogP contribution in [0.2, 0.25) is 0 Å². The van der Waals surface area contributed by atoms with Crippen LogP contribution in [0.4, 0.5) is 0 Å². The van der Waals surface area contributed by atoms with E-state index >= 15 is 0 Å². The zero-order chi connectivity index (χ0) is 25.5. The van der Waals surface area contributed by atoms with Crippen molar-refractivity contribution in [2.75, 3.05) is 13.1 Å². The van der Waals surface area contributed by atoms with Crippen molar-refractivity contribution >= 4 is 32.8 Å². The number of nitrogens with one attached hydrogen (secondary N) is 3. The highest BCUT2D eigenvalue weighted by Gasteiger charge is 2.19. The summed E-state index contributed by atoms with van der Waals surface area (Å²) in [6, 6.07) is 26.8. The number of unbranched alkanes of at least 4 members (excludes halogenated alkanes) is 1. The number of aromatic amines is 2. The molecule has 5 N–H and O–H groups in total. The highest BCUT2D eigenvalue weighted by Crippen LogP contribution is 2.31. The molecule has 0 spiro atoms. The van der Waals surface area contributed by atoms with Gasteiger partial charge < -0.3 is 21.0 Å². The molecule has 2 aromatic heterocycles. The van der Waals surface area contributed by atoms with E-state index < -0.39 is 0 Å². The van der Waals surface area contributed by atoms with Crippen LogP contribution in [0.1, 0.15) is 43.4 Å². The van der Waals surface area contributed by atoms with Crippen LogP contribution in [-0.4, -0.2) is 33.0 Å². The number of nitrogens with two attached hydrogens (primary N) is 1. The van der Waals surface area contributed by atoms with Crippen molar-refractivity contribution in [2.45, 2.75) is 38.1 Å².